The van der Waals surface area contributed by atoms with Crippen molar-refractivity contribution in [3.63, 3.8) is 0 Å². The number of fused-ring (bicyclic) bond motifs is 1. The lowest BCUT2D eigenvalue weighted by Gasteiger charge is -2.12. The van der Waals surface area contributed by atoms with Gasteiger partial charge in [0.05, 0.1) is 17.1 Å². The highest BCUT2D eigenvalue weighted by atomic mass is 35.5. The molecule has 0 saturated heterocycles. The Morgan fingerprint density at radius 3 is 2.36 bits per heavy atom. The summed E-state index contributed by atoms with van der Waals surface area (Å²) in [6, 6.07) is 12.2. The molecule has 1 aromatic heterocycles. The number of halogens is 4. The minimum atomic E-state index is -0.465. The van der Waals surface area contributed by atoms with Crippen molar-refractivity contribution >= 4 is 47.4 Å². The van der Waals surface area contributed by atoms with Crippen LogP contribution in [0.15, 0.2) is 42.5 Å². The second-order valence-electron chi connectivity index (χ2n) is 4.66. The summed E-state index contributed by atoms with van der Waals surface area (Å²) in [7, 11) is 0. The molecule has 0 saturated carbocycles. The van der Waals surface area contributed by atoms with Crippen LogP contribution in [0.5, 0.6) is 0 Å². The van der Waals surface area contributed by atoms with Gasteiger partial charge in [0, 0.05) is 5.69 Å². The van der Waals surface area contributed by atoms with Crippen molar-refractivity contribution in [3.8, 4) is 5.69 Å². The van der Waals surface area contributed by atoms with E-state index in [0.717, 1.165) is 5.69 Å². The van der Waals surface area contributed by atoms with Crippen molar-refractivity contribution in [2.45, 2.75) is 13.0 Å². The van der Waals surface area contributed by atoms with Gasteiger partial charge in [0.25, 0.3) is 0 Å². The van der Waals surface area contributed by atoms with E-state index >= 15 is 0 Å². The fourth-order valence-electron chi connectivity index (χ4n) is 2.26. The van der Waals surface area contributed by atoms with Gasteiger partial charge in [0.1, 0.15) is 16.7 Å². The van der Waals surface area contributed by atoms with Crippen LogP contribution in [0.25, 0.3) is 16.7 Å². The lowest BCUT2D eigenvalue weighted by atomic mass is 10.2. The number of aromatic nitrogens is 2. The minimum Gasteiger partial charge on any atom is -0.322 e. The first-order valence-corrected chi connectivity index (χ1v) is 6.64. The maximum atomic E-state index is 13.8. The topological polar surface area (TPSA) is 43.8 Å². The van der Waals surface area contributed by atoms with Crippen molar-refractivity contribution in [2.75, 3.05) is 0 Å². The van der Waals surface area contributed by atoms with Gasteiger partial charge in [-0.3, -0.25) is 4.57 Å². The second kappa shape index (κ2) is 7.29. The molecule has 0 aliphatic heterocycles. The summed E-state index contributed by atoms with van der Waals surface area (Å²) in [5, 5.41) is 0.0609. The molecule has 2 aromatic carbocycles. The number of hydrogen-bond donors (Lipinski definition) is 1. The summed E-state index contributed by atoms with van der Waals surface area (Å²) in [4.78, 5) is 4.48. The van der Waals surface area contributed by atoms with E-state index in [4.69, 9.17) is 17.3 Å². The van der Waals surface area contributed by atoms with Crippen LogP contribution in [0.4, 0.5) is 4.39 Å². The molecule has 2 N–H and O–H groups in total. The quantitative estimate of drug-likeness (QED) is 0.719. The Morgan fingerprint density at radius 2 is 1.77 bits per heavy atom. The first-order valence-electron chi connectivity index (χ1n) is 6.27. The van der Waals surface area contributed by atoms with Crippen molar-refractivity contribution in [3.05, 3.63) is 59.1 Å². The number of nitrogens with zero attached hydrogens (tertiary/aromatic N) is 2. The summed E-state index contributed by atoms with van der Waals surface area (Å²) >= 11 is 6.12. The Balaban J connectivity index is 0.00000121. The number of para-hydroxylation sites is 1. The second-order valence-corrected chi connectivity index (χ2v) is 5.04. The van der Waals surface area contributed by atoms with Gasteiger partial charge in [0.15, 0.2) is 0 Å². The number of benzene rings is 2. The molecule has 0 aliphatic carbocycles. The van der Waals surface area contributed by atoms with Crippen LogP contribution >= 0.6 is 36.4 Å². The van der Waals surface area contributed by atoms with Crippen LogP contribution in [0.1, 0.15) is 18.8 Å². The van der Waals surface area contributed by atoms with Crippen LogP contribution in [0.3, 0.4) is 0 Å². The number of imidazole rings is 1. The molecule has 1 unspecified atom stereocenters. The van der Waals surface area contributed by atoms with Crippen molar-refractivity contribution in [1.82, 2.24) is 9.55 Å². The molecule has 0 radical (unpaired) electrons. The average Bonchev–Trinajstić information content (AvgIpc) is 2.84. The minimum absolute atomic E-state index is 0. The van der Waals surface area contributed by atoms with Gasteiger partial charge in [-0.15, -0.1) is 24.8 Å². The van der Waals surface area contributed by atoms with Gasteiger partial charge in [-0.25, -0.2) is 9.37 Å². The number of hydrogen-bond acceptors (Lipinski definition) is 2. The molecule has 1 heterocycles. The Hall–Kier alpha value is -1.33. The number of nitrogens with two attached hydrogens (primary N) is 1. The molecule has 1 atom stereocenters. The highest BCUT2D eigenvalue weighted by molar-refractivity contribution is 6.35. The highest BCUT2D eigenvalue weighted by Gasteiger charge is 2.19. The molecule has 22 heavy (non-hydrogen) atoms. The van der Waals surface area contributed by atoms with Crippen LogP contribution in [-0.2, 0) is 0 Å². The summed E-state index contributed by atoms with van der Waals surface area (Å²) in [6.07, 6.45) is 0. The third-order valence-corrected chi connectivity index (χ3v) is 3.52. The lowest BCUT2D eigenvalue weighted by molar-refractivity contribution is 0.629. The molecule has 3 aromatic rings. The average molecular weight is 363 g/mol. The summed E-state index contributed by atoms with van der Waals surface area (Å²) in [6.45, 7) is 1.84. The maximum Gasteiger partial charge on any atom is 0.144 e. The van der Waals surface area contributed by atoms with Crippen molar-refractivity contribution in [2.24, 2.45) is 5.73 Å². The van der Waals surface area contributed by atoms with E-state index in [1.54, 1.807) is 6.07 Å². The van der Waals surface area contributed by atoms with Crippen LogP contribution in [0, 0.1) is 5.82 Å². The van der Waals surface area contributed by atoms with E-state index in [0.29, 0.717) is 16.9 Å². The lowest BCUT2D eigenvalue weighted by Crippen LogP contribution is -2.12. The largest absolute Gasteiger partial charge is 0.322 e. The van der Waals surface area contributed by atoms with Gasteiger partial charge >= 0.3 is 0 Å². The predicted molar refractivity (Wildman–Crippen MR) is 93.1 cm³/mol. The van der Waals surface area contributed by atoms with E-state index in [1.807, 2.05) is 41.8 Å². The number of rotatable bonds is 2. The van der Waals surface area contributed by atoms with Gasteiger partial charge in [-0.05, 0) is 31.2 Å². The Bertz CT molecular complexity index is 773. The third-order valence-electron chi connectivity index (χ3n) is 3.16. The van der Waals surface area contributed by atoms with Gasteiger partial charge in [0.2, 0.25) is 0 Å². The summed E-state index contributed by atoms with van der Waals surface area (Å²) < 4.78 is 15.6. The molecule has 0 aliphatic rings. The van der Waals surface area contributed by atoms with E-state index in [1.165, 1.54) is 6.07 Å². The first-order chi connectivity index (χ1) is 9.59. The van der Waals surface area contributed by atoms with Gasteiger partial charge < -0.3 is 5.73 Å². The molecule has 0 fully saturated rings. The third kappa shape index (κ3) is 3.06. The van der Waals surface area contributed by atoms with E-state index in [-0.39, 0.29) is 35.9 Å². The Labute approximate surface area is 145 Å². The molecule has 0 bridgehead atoms. The van der Waals surface area contributed by atoms with E-state index in [9.17, 15) is 4.39 Å². The van der Waals surface area contributed by atoms with Crippen LogP contribution < -0.4 is 5.73 Å². The Kier molecular flexibility index (Phi) is 6.20. The zero-order valence-electron chi connectivity index (χ0n) is 11.7. The molecule has 3 nitrogen and oxygen atoms in total. The van der Waals surface area contributed by atoms with Gasteiger partial charge in [-0.2, -0.15) is 0 Å². The molecule has 0 amide bonds. The smallest absolute Gasteiger partial charge is 0.144 e. The van der Waals surface area contributed by atoms with Crippen LogP contribution in [0.2, 0.25) is 5.02 Å². The molecule has 7 heteroatoms. The van der Waals surface area contributed by atoms with E-state index in [2.05, 4.69) is 4.98 Å². The fourth-order valence-corrected chi connectivity index (χ4v) is 2.51. The Morgan fingerprint density at radius 1 is 1.14 bits per heavy atom. The highest BCUT2D eigenvalue weighted by Crippen LogP contribution is 2.31. The van der Waals surface area contributed by atoms with Crippen molar-refractivity contribution in [1.29, 1.82) is 0 Å². The molecule has 118 valence electrons. The standard InChI is InChI=1S/C15H13ClFN3.2ClH/c1-9(18)15-19-12-8-7-11(17)13(16)14(12)20(15)10-5-3-2-4-6-10;;/h2-9H,18H2,1H3;2*1H. The SMILES string of the molecule is CC(N)c1nc2ccc(F)c(Cl)c2n1-c1ccccc1.Cl.Cl. The van der Waals surface area contributed by atoms with E-state index < -0.39 is 5.82 Å². The molecule has 3 rings (SSSR count). The zero-order valence-corrected chi connectivity index (χ0v) is 14.1. The first kappa shape index (κ1) is 18.7. The maximum absolute atomic E-state index is 13.8. The summed E-state index contributed by atoms with van der Waals surface area (Å²) in [5.41, 5.74) is 8.02. The van der Waals surface area contributed by atoms with Crippen molar-refractivity contribution < 1.29 is 4.39 Å². The van der Waals surface area contributed by atoms with Gasteiger partial charge in [-0.1, -0.05) is 29.8 Å². The van der Waals surface area contributed by atoms with Crippen LogP contribution in [-0.4, -0.2) is 9.55 Å². The fraction of sp³-hybridized carbons (Fsp3) is 0.133. The molecular formula is C15H15Cl3FN3. The summed E-state index contributed by atoms with van der Waals surface area (Å²) in [5.74, 6) is 0.186. The normalized spacial score (nSPS) is 11.6. The predicted octanol–water partition coefficient (Wildman–Crippen LogP) is 4.68. The zero-order chi connectivity index (χ0) is 14.3. The molecule has 0 spiro atoms. The molecular weight excluding hydrogens is 348 g/mol. The monoisotopic (exact) mass is 361 g/mol.